The van der Waals surface area contributed by atoms with Crippen molar-refractivity contribution in [3.05, 3.63) is 12.3 Å². The maximum Gasteiger partial charge on any atom is 0.235 e. The predicted molar refractivity (Wildman–Crippen MR) is 63.8 cm³/mol. The second-order valence-electron chi connectivity index (χ2n) is 3.87. The van der Waals surface area contributed by atoms with E-state index >= 15 is 0 Å². The van der Waals surface area contributed by atoms with Crippen molar-refractivity contribution in [2.24, 2.45) is 7.05 Å². The van der Waals surface area contributed by atoms with Crippen molar-refractivity contribution in [1.82, 2.24) is 15.1 Å². The average molecular weight is 246 g/mol. The molecule has 1 aromatic rings. The van der Waals surface area contributed by atoms with E-state index in [2.05, 4.69) is 15.1 Å². The minimum atomic E-state index is -3.30. The highest BCUT2D eigenvalue weighted by Gasteiger charge is 2.11. The van der Waals surface area contributed by atoms with E-state index in [9.17, 15) is 8.42 Å². The highest BCUT2D eigenvalue weighted by molar-refractivity contribution is 7.92. The number of anilines is 1. The van der Waals surface area contributed by atoms with E-state index in [1.54, 1.807) is 19.3 Å². The summed E-state index contributed by atoms with van der Waals surface area (Å²) < 4.78 is 27.2. The zero-order chi connectivity index (χ0) is 12.2. The van der Waals surface area contributed by atoms with Crippen molar-refractivity contribution in [2.75, 3.05) is 17.0 Å². The summed E-state index contributed by atoms with van der Waals surface area (Å²) in [6.45, 7) is 4.38. The van der Waals surface area contributed by atoms with Crippen molar-refractivity contribution < 1.29 is 8.42 Å². The SMILES string of the molecule is CC(C)NCCS(=O)(=O)Nc1ccnn1C. The van der Waals surface area contributed by atoms with E-state index in [1.807, 2.05) is 13.8 Å². The topological polar surface area (TPSA) is 76.0 Å². The molecule has 0 unspecified atom stereocenters. The summed E-state index contributed by atoms with van der Waals surface area (Å²) in [5.41, 5.74) is 0. The van der Waals surface area contributed by atoms with Crippen LogP contribution in [0.2, 0.25) is 0 Å². The van der Waals surface area contributed by atoms with Crippen LogP contribution >= 0.6 is 0 Å². The van der Waals surface area contributed by atoms with Crippen LogP contribution in [0.4, 0.5) is 5.82 Å². The summed E-state index contributed by atoms with van der Waals surface area (Å²) in [5, 5.41) is 6.94. The molecule has 0 fully saturated rings. The zero-order valence-corrected chi connectivity index (χ0v) is 10.6. The number of hydrogen-bond donors (Lipinski definition) is 2. The number of aromatic nitrogens is 2. The molecule has 6 nitrogen and oxygen atoms in total. The van der Waals surface area contributed by atoms with Gasteiger partial charge in [0.25, 0.3) is 0 Å². The van der Waals surface area contributed by atoms with E-state index in [4.69, 9.17) is 0 Å². The van der Waals surface area contributed by atoms with Gasteiger partial charge in [-0.3, -0.25) is 9.40 Å². The van der Waals surface area contributed by atoms with Gasteiger partial charge >= 0.3 is 0 Å². The van der Waals surface area contributed by atoms with Gasteiger partial charge in [0.2, 0.25) is 10.0 Å². The van der Waals surface area contributed by atoms with Crippen LogP contribution < -0.4 is 10.0 Å². The lowest BCUT2D eigenvalue weighted by molar-refractivity contribution is 0.581. The average Bonchev–Trinajstić information content (AvgIpc) is 2.50. The third-order valence-corrected chi connectivity index (χ3v) is 3.27. The molecule has 1 rings (SSSR count). The van der Waals surface area contributed by atoms with E-state index in [0.29, 0.717) is 12.4 Å². The summed E-state index contributed by atoms with van der Waals surface area (Å²) in [6.07, 6.45) is 1.55. The molecule has 16 heavy (non-hydrogen) atoms. The normalized spacial score (nSPS) is 12.0. The molecule has 0 radical (unpaired) electrons. The van der Waals surface area contributed by atoms with E-state index in [0.717, 1.165) is 0 Å². The lowest BCUT2D eigenvalue weighted by Crippen LogP contribution is -2.31. The molecule has 0 saturated heterocycles. The Hall–Kier alpha value is -1.08. The number of aryl methyl sites for hydroxylation is 1. The van der Waals surface area contributed by atoms with Crippen LogP contribution in [0.25, 0.3) is 0 Å². The maximum absolute atomic E-state index is 11.6. The molecule has 1 heterocycles. The molecule has 0 aliphatic carbocycles. The summed E-state index contributed by atoms with van der Waals surface area (Å²) in [5.74, 6) is 0.528. The second kappa shape index (κ2) is 5.31. The third kappa shape index (κ3) is 4.19. The summed E-state index contributed by atoms with van der Waals surface area (Å²) in [6, 6.07) is 1.90. The van der Waals surface area contributed by atoms with Crippen molar-refractivity contribution in [3.63, 3.8) is 0 Å². The van der Waals surface area contributed by atoms with Gasteiger partial charge < -0.3 is 5.32 Å². The quantitative estimate of drug-likeness (QED) is 0.749. The Balaban J connectivity index is 2.50. The summed E-state index contributed by atoms with van der Waals surface area (Å²) >= 11 is 0. The fourth-order valence-corrected chi connectivity index (χ4v) is 2.17. The van der Waals surface area contributed by atoms with Crippen LogP contribution in [0.5, 0.6) is 0 Å². The molecule has 0 atom stereocenters. The Labute approximate surface area is 96.1 Å². The van der Waals surface area contributed by atoms with E-state index < -0.39 is 10.0 Å². The Morgan fingerprint density at radius 3 is 2.69 bits per heavy atom. The lowest BCUT2D eigenvalue weighted by atomic mass is 10.4. The molecule has 0 bridgehead atoms. The molecule has 0 spiro atoms. The van der Waals surface area contributed by atoms with Gasteiger partial charge in [0.1, 0.15) is 5.82 Å². The smallest absolute Gasteiger partial charge is 0.235 e. The van der Waals surface area contributed by atoms with Crippen LogP contribution in [0, 0.1) is 0 Å². The van der Waals surface area contributed by atoms with Crippen LogP contribution in [0.3, 0.4) is 0 Å². The molecule has 1 aromatic heterocycles. The minimum Gasteiger partial charge on any atom is -0.313 e. The van der Waals surface area contributed by atoms with Gasteiger partial charge in [-0.1, -0.05) is 13.8 Å². The van der Waals surface area contributed by atoms with Gasteiger partial charge in [-0.05, 0) is 0 Å². The van der Waals surface area contributed by atoms with Crippen LogP contribution in [0.1, 0.15) is 13.8 Å². The minimum absolute atomic E-state index is 0.0519. The van der Waals surface area contributed by atoms with Crippen molar-refractivity contribution in [1.29, 1.82) is 0 Å². The van der Waals surface area contributed by atoms with Crippen LogP contribution in [0.15, 0.2) is 12.3 Å². The van der Waals surface area contributed by atoms with Crippen LogP contribution in [-0.4, -0.2) is 36.5 Å². The van der Waals surface area contributed by atoms with Gasteiger partial charge in [0.05, 0.1) is 11.9 Å². The number of nitrogens with one attached hydrogen (secondary N) is 2. The Kier molecular flexibility index (Phi) is 4.31. The number of nitrogens with zero attached hydrogens (tertiary/aromatic N) is 2. The first kappa shape index (κ1) is 13.0. The van der Waals surface area contributed by atoms with Gasteiger partial charge in [-0.2, -0.15) is 5.10 Å². The molecular formula is C9H18N4O2S. The molecule has 2 N–H and O–H groups in total. The molecule has 0 saturated carbocycles. The van der Waals surface area contributed by atoms with Crippen molar-refractivity contribution in [3.8, 4) is 0 Å². The summed E-state index contributed by atoms with van der Waals surface area (Å²) in [7, 11) is -1.61. The Bertz CT molecular complexity index is 424. The highest BCUT2D eigenvalue weighted by Crippen LogP contribution is 2.06. The predicted octanol–water partition coefficient (Wildman–Crippen LogP) is 0.160. The molecule has 7 heteroatoms. The number of hydrogen-bond acceptors (Lipinski definition) is 4. The third-order valence-electron chi connectivity index (χ3n) is 2.00. The van der Waals surface area contributed by atoms with Crippen molar-refractivity contribution in [2.45, 2.75) is 19.9 Å². The van der Waals surface area contributed by atoms with Gasteiger partial charge in [0, 0.05) is 25.7 Å². The zero-order valence-electron chi connectivity index (χ0n) is 9.77. The van der Waals surface area contributed by atoms with Gasteiger partial charge in [-0.25, -0.2) is 8.42 Å². The first-order valence-corrected chi connectivity index (χ1v) is 6.78. The monoisotopic (exact) mass is 246 g/mol. The molecule has 92 valence electrons. The first-order valence-electron chi connectivity index (χ1n) is 5.12. The Morgan fingerprint density at radius 2 is 2.19 bits per heavy atom. The van der Waals surface area contributed by atoms with Gasteiger partial charge in [-0.15, -0.1) is 0 Å². The number of sulfonamides is 1. The van der Waals surface area contributed by atoms with E-state index in [1.165, 1.54) is 4.68 Å². The first-order chi connectivity index (χ1) is 7.41. The fraction of sp³-hybridized carbons (Fsp3) is 0.667. The van der Waals surface area contributed by atoms with E-state index in [-0.39, 0.29) is 11.8 Å². The molecular weight excluding hydrogens is 228 g/mol. The second-order valence-corrected chi connectivity index (χ2v) is 5.71. The maximum atomic E-state index is 11.6. The molecule has 0 aliphatic heterocycles. The van der Waals surface area contributed by atoms with Gasteiger partial charge in [0.15, 0.2) is 0 Å². The lowest BCUT2D eigenvalue weighted by Gasteiger charge is -2.10. The molecule has 0 aromatic carbocycles. The number of rotatable bonds is 6. The van der Waals surface area contributed by atoms with Crippen molar-refractivity contribution >= 4 is 15.8 Å². The summed E-state index contributed by atoms with van der Waals surface area (Å²) in [4.78, 5) is 0. The molecule has 0 aliphatic rings. The Morgan fingerprint density at radius 1 is 1.50 bits per heavy atom. The highest BCUT2D eigenvalue weighted by atomic mass is 32.2. The fourth-order valence-electron chi connectivity index (χ4n) is 1.17. The standard InChI is InChI=1S/C9H18N4O2S/c1-8(2)10-6-7-16(14,15)12-9-4-5-11-13(9)3/h4-5,8,10,12H,6-7H2,1-3H3. The largest absolute Gasteiger partial charge is 0.313 e. The van der Waals surface area contributed by atoms with Crippen LogP contribution in [-0.2, 0) is 17.1 Å². The molecule has 0 amide bonds.